The van der Waals surface area contributed by atoms with Gasteiger partial charge in [-0.1, -0.05) is 13.8 Å². The number of aryl methyl sites for hydroxylation is 3. The molecule has 0 bridgehead atoms. The molecular weight excluding hydrogens is 304 g/mol. The summed E-state index contributed by atoms with van der Waals surface area (Å²) in [5.74, 6) is 0.663. The SMILES string of the molecule is Cc1ccc(C)n1-c1c(C(=O)NCCCC(C)(C)CO)cnn1C. The molecule has 2 heterocycles. The van der Waals surface area contributed by atoms with Crippen molar-refractivity contribution in [1.82, 2.24) is 19.7 Å². The Labute approximate surface area is 143 Å². The van der Waals surface area contributed by atoms with Gasteiger partial charge in [-0.3, -0.25) is 9.48 Å². The molecule has 2 aromatic heterocycles. The van der Waals surface area contributed by atoms with E-state index in [1.54, 1.807) is 10.9 Å². The first-order chi connectivity index (χ1) is 11.3. The quantitative estimate of drug-likeness (QED) is 0.765. The second-order valence-corrected chi connectivity index (χ2v) is 7.14. The number of nitrogens with one attached hydrogen (secondary N) is 1. The summed E-state index contributed by atoms with van der Waals surface area (Å²) in [5.41, 5.74) is 2.59. The number of aliphatic hydroxyl groups excluding tert-OH is 1. The van der Waals surface area contributed by atoms with Crippen LogP contribution in [0, 0.1) is 19.3 Å². The lowest BCUT2D eigenvalue weighted by Gasteiger charge is -2.21. The molecule has 6 nitrogen and oxygen atoms in total. The van der Waals surface area contributed by atoms with Crippen LogP contribution in [0.15, 0.2) is 18.3 Å². The standard InChI is InChI=1S/C18H28N4O2/c1-13-7-8-14(2)22(13)17-15(11-20-21(17)5)16(24)19-10-6-9-18(3,4)12-23/h7-8,11,23H,6,9-10,12H2,1-5H3,(H,19,24). The van der Waals surface area contributed by atoms with E-state index in [2.05, 4.69) is 10.4 Å². The van der Waals surface area contributed by atoms with E-state index in [9.17, 15) is 9.90 Å². The number of nitrogens with zero attached hydrogens (tertiary/aromatic N) is 3. The summed E-state index contributed by atoms with van der Waals surface area (Å²) >= 11 is 0. The lowest BCUT2D eigenvalue weighted by molar-refractivity contribution is 0.0948. The van der Waals surface area contributed by atoms with E-state index in [1.165, 1.54) is 0 Å². The van der Waals surface area contributed by atoms with Crippen molar-refractivity contribution in [3.63, 3.8) is 0 Å². The van der Waals surface area contributed by atoms with E-state index < -0.39 is 0 Å². The average Bonchev–Trinajstić information content (AvgIpc) is 3.06. The third kappa shape index (κ3) is 3.87. The smallest absolute Gasteiger partial charge is 0.256 e. The monoisotopic (exact) mass is 332 g/mol. The van der Waals surface area contributed by atoms with Crippen LogP contribution >= 0.6 is 0 Å². The van der Waals surface area contributed by atoms with Gasteiger partial charge in [-0.05, 0) is 44.2 Å². The van der Waals surface area contributed by atoms with E-state index in [4.69, 9.17) is 0 Å². The number of hydrogen-bond acceptors (Lipinski definition) is 3. The van der Waals surface area contributed by atoms with Gasteiger partial charge in [-0.2, -0.15) is 5.10 Å². The fraction of sp³-hybridized carbons (Fsp3) is 0.556. The van der Waals surface area contributed by atoms with Gasteiger partial charge in [0.25, 0.3) is 5.91 Å². The molecule has 2 N–H and O–H groups in total. The normalized spacial score (nSPS) is 11.8. The van der Waals surface area contributed by atoms with Crippen molar-refractivity contribution in [2.45, 2.75) is 40.5 Å². The molecule has 0 aromatic carbocycles. The number of aliphatic hydroxyl groups is 1. The maximum absolute atomic E-state index is 12.6. The van der Waals surface area contributed by atoms with Gasteiger partial charge >= 0.3 is 0 Å². The van der Waals surface area contributed by atoms with Gasteiger partial charge in [-0.15, -0.1) is 0 Å². The van der Waals surface area contributed by atoms with Gasteiger partial charge in [0.15, 0.2) is 0 Å². The molecule has 0 radical (unpaired) electrons. The Morgan fingerprint density at radius 3 is 2.50 bits per heavy atom. The van der Waals surface area contributed by atoms with Crippen molar-refractivity contribution in [3.05, 3.63) is 35.3 Å². The fourth-order valence-corrected chi connectivity index (χ4v) is 2.80. The van der Waals surface area contributed by atoms with Gasteiger partial charge < -0.3 is 15.0 Å². The van der Waals surface area contributed by atoms with E-state index in [-0.39, 0.29) is 17.9 Å². The van der Waals surface area contributed by atoms with Gasteiger partial charge in [-0.25, -0.2) is 0 Å². The Bertz CT molecular complexity index is 693. The van der Waals surface area contributed by atoms with Crippen molar-refractivity contribution >= 4 is 5.91 Å². The number of aromatic nitrogens is 3. The summed E-state index contributed by atoms with van der Waals surface area (Å²) in [5, 5.41) is 16.5. The minimum absolute atomic E-state index is 0.108. The van der Waals surface area contributed by atoms with E-state index in [0.717, 1.165) is 30.0 Å². The maximum atomic E-state index is 12.6. The first kappa shape index (κ1) is 18.3. The largest absolute Gasteiger partial charge is 0.396 e. The van der Waals surface area contributed by atoms with E-state index >= 15 is 0 Å². The lowest BCUT2D eigenvalue weighted by Crippen LogP contribution is -2.27. The van der Waals surface area contributed by atoms with Crippen LogP contribution in [0.4, 0.5) is 0 Å². The zero-order chi connectivity index (χ0) is 17.9. The molecule has 2 aromatic rings. The van der Waals surface area contributed by atoms with Crippen LogP contribution in [-0.2, 0) is 7.05 Å². The molecule has 0 aliphatic rings. The highest BCUT2D eigenvalue weighted by Gasteiger charge is 2.20. The average molecular weight is 332 g/mol. The number of carbonyl (C=O) groups excluding carboxylic acids is 1. The minimum Gasteiger partial charge on any atom is -0.396 e. The van der Waals surface area contributed by atoms with Gasteiger partial charge in [0, 0.05) is 31.6 Å². The molecular formula is C18H28N4O2. The molecule has 0 fully saturated rings. The maximum Gasteiger partial charge on any atom is 0.256 e. The first-order valence-corrected chi connectivity index (χ1v) is 8.33. The van der Waals surface area contributed by atoms with Crippen LogP contribution in [0.2, 0.25) is 0 Å². The second kappa shape index (κ2) is 7.21. The molecule has 0 atom stereocenters. The Hall–Kier alpha value is -2.08. The molecule has 0 saturated heterocycles. The number of rotatable bonds is 7. The van der Waals surface area contributed by atoms with Crippen molar-refractivity contribution in [3.8, 4) is 5.82 Å². The summed E-state index contributed by atoms with van der Waals surface area (Å²) in [6.07, 6.45) is 3.30. The number of hydrogen-bond donors (Lipinski definition) is 2. The van der Waals surface area contributed by atoms with Crippen LogP contribution in [0.1, 0.15) is 48.4 Å². The van der Waals surface area contributed by atoms with Crippen LogP contribution in [-0.4, -0.2) is 38.5 Å². The van der Waals surface area contributed by atoms with Crippen molar-refractivity contribution < 1.29 is 9.90 Å². The third-order valence-corrected chi connectivity index (χ3v) is 4.38. The molecule has 0 aliphatic heterocycles. The summed E-state index contributed by atoms with van der Waals surface area (Å²) in [7, 11) is 1.84. The first-order valence-electron chi connectivity index (χ1n) is 8.33. The van der Waals surface area contributed by atoms with Crippen LogP contribution in [0.25, 0.3) is 5.82 Å². The third-order valence-electron chi connectivity index (χ3n) is 4.38. The predicted octanol–water partition coefficient (Wildman–Crippen LogP) is 2.36. The van der Waals surface area contributed by atoms with E-state index in [0.29, 0.717) is 12.1 Å². The topological polar surface area (TPSA) is 72.1 Å². The molecule has 6 heteroatoms. The molecule has 0 spiro atoms. The highest BCUT2D eigenvalue weighted by atomic mass is 16.3. The Morgan fingerprint density at radius 1 is 1.29 bits per heavy atom. The van der Waals surface area contributed by atoms with Crippen LogP contribution in [0.3, 0.4) is 0 Å². The van der Waals surface area contributed by atoms with Gasteiger partial charge in [0.05, 0.1) is 6.20 Å². The molecule has 0 aliphatic carbocycles. The Balaban J connectivity index is 2.09. The highest BCUT2D eigenvalue weighted by Crippen LogP contribution is 2.21. The Morgan fingerprint density at radius 2 is 1.92 bits per heavy atom. The number of amides is 1. The van der Waals surface area contributed by atoms with Crippen molar-refractivity contribution in [1.29, 1.82) is 0 Å². The van der Waals surface area contributed by atoms with Crippen LogP contribution in [0.5, 0.6) is 0 Å². The zero-order valence-corrected chi connectivity index (χ0v) is 15.3. The molecule has 2 rings (SSSR count). The summed E-state index contributed by atoms with van der Waals surface area (Å²) in [4.78, 5) is 12.6. The molecule has 0 unspecified atom stereocenters. The number of carbonyl (C=O) groups is 1. The summed E-state index contributed by atoms with van der Waals surface area (Å²) < 4.78 is 3.76. The van der Waals surface area contributed by atoms with Gasteiger partial charge in [0.2, 0.25) is 0 Å². The second-order valence-electron chi connectivity index (χ2n) is 7.14. The highest BCUT2D eigenvalue weighted by molar-refractivity contribution is 5.97. The predicted molar refractivity (Wildman–Crippen MR) is 94.4 cm³/mol. The van der Waals surface area contributed by atoms with Gasteiger partial charge in [0.1, 0.15) is 11.4 Å². The Kier molecular flexibility index (Phi) is 5.49. The zero-order valence-electron chi connectivity index (χ0n) is 15.3. The summed E-state index contributed by atoms with van der Waals surface area (Å²) in [6.45, 7) is 8.80. The molecule has 0 saturated carbocycles. The summed E-state index contributed by atoms with van der Waals surface area (Å²) in [6, 6.07) is 4.06. The minimum atomic E-state index is -0.118. The van der Waals surface area contributed by atoms with E-state index in [1.807, 2.05) is 51.4 Å². The fourth-order valence-electron chi connectivity index (χ4n) is 2.80. The molecule has 24 heavy (non-hydrogen) atoms. The lowest BCUT2D eigenvalue weighted by atomic mass is 9.89. The molecule has 1 amide bonds. The van der Waals surface area contributed by atoms with Crippen molar-refractivity contribution in [2.24, 2.45) is 12.5 Å². The van der Waals surface area contributed by atoms with Crippen LogP contribution < -0.4 is 5.32 Å². The van der Waals surface area contributed by atoms with Crippen molar-refractivity contribution in [2.75, 3.05) is 13.2 Å². The molecule has 132 valence electrons.